The third kappa shape index (κ3) is 1.63. The Kier molecular flexibility index (Phi) is 2.41. The number of rotatable bonds is 0. The Balaban J connectivity index is 2.22. The van der Waals surface area contributed by atoms with Gasteiger partial charge >= 0.3 is 0 Å². The first-order valence-electron chi connectivity index (χ1n) is 7.02. The van der Waals surface area contributed by atoms with Crippen molar-refractivity contribution in [2.24, 2.45) is 5.41 Å². The van der Waals surface area contributed by atoms with E-state index in [0.29, 0.717) is 16.4 Å². The molecule has 0 unspecified atom stereocenters. The van der Waals surface area contributed by atoms with Gasteiger partial charge < -0.3 is 0 Å². The minimum atomic E-state index is 0.146. The van der Waals surface area contributed by atoms with Crippen LogP contribution in [0.3, 0.4) is 0 Å². The maximum atomic E-state index is 9.64. The first-order valence-corrected chi connectivity index (χ1v) is 7.40. The highest BCUT2D eigenvalue weighted by molar-refractivity contribution is 6.31. The molecule has 2 aromatic heterocycles. The molecule has 21 heavy (non-hydrogen) atoms. The molecular formula is C17H14ClN3. The van der Waals surface area contributed by atoms with Crippen molar-refractivity contribution in [1.82, 2.24) is 9.38 Å². The lowest BCUT2D eigenvalue weighted by Gasteiger charge is -2.14. The third-order valence-electron chi connectivity index (χ3n) is 4.32. The van der Waals surface area contributed by atoms with E-state index in [-0.39, 0.29) is 5.41 Å². The first kappa shape index (κ1) is 12.7. The second-order valence-electron chi connectivity index (χ2n) is 6.51. The van der Waals surface area contributed by atoms with Crippen molar-refractivity contribution in [2.75, 3.05) is 0 Å². The van der Waals surface area contributed by atoms with Crippen LogP contribution in [0, 0.1) is 16.7 Å². The molecule has 0 spiro atoms. The summed E-state index contributed by atoms with van der Waals surface area (Å²) in [7, 11) is 0. The van der Waals surface area contributed by atoms with Gasteiger partial charge in [0.05, 0.1) is 16.6 Å². The van der Waals surface area contributed by atoms with Crippen LogP contribution in [-0.4, -0.2) is 9.38 Å². The summed E-state index contributed by atoms with van der Waals surface area (Å²) < 4.78 is 1.93. The average Bonchev–Trinajstić information content (AvgIpc) is 2.97. The molecule has 0 amide bonds. The summed E-state index contributed by atoms with van der Waals surface area (Å²) in [4.78, 5) is 4.63. The predicted molar refractivity (Wildman–Crippen MR) is 83.6 cm³/mol. The Morgan fingerprint density at radius 2 is 1.95 bits per heavy atom. The monoisotopic (exact) mass is 295 g/mol. The second-order valence-corrected chi connectivity index (χ2v) is 6.87. The number of nitrogens with zero attached hydrogens (tertiary/aromatic N) is 3. The number of hydrogen-bond donors (Lipinski definition) is 0. The zero-order valence-electron chi connectivity index (χ0n) is 11.9. The van der Waals surface area contributed by atoms with Crippen LogP contribution in [0.1, 0.15) is 30.5 Å². The fourth-order valence-electron chi connectivity index (χ4n) is 3.45. The van der Waals surface area contributed by atoms with Crippen LogP contribution in [0.25, 0.3) is 16.7 Å². The predicted octanol–water partition coefficient (Wildman–Crippen LogP) is 4.14. The van der Waals surface area contributed by atoms with Gasteiger partial charge in [-0.25, -0.2) is 4.98 Å². The summed E-state index contributed by atoms with van der Waals surface area (Å²) in [5.74, 6) is 0. The zero-order valence-corrected chi connectivity index (χ0v) is 12.7. The lowest BCUT2D eigenvalue weighted by Crippen LogP contribution is -2.09. The maximum absolute atomic E-state index is 9.64. The van der Waals surface area contributed by atoms with Gasteiger partial charge in [-0.15, -0.1) is 0 Å². The molecule has 1 aliphatic carbocycles. The molecule has 0 saturated heterocycles. The van der Waals surface area contributed by atoms with Crippen molar-refractivity contribution in [3.63, 3.8) is 0 Å². The molecule has 3 nitrogen and oxygen atoms in total. The molecule has 4 rings (SSSR count). The molecule has 0 bridgehead atoms. The Morgan fingerprint density at radius 3 is 2.71 bits per heavy atom. The highest BCUT2D eigenvalue weighted by Gasteiger charge is 2.34. The fraction of sp³-hybridized carbons (Fsp3) is 0.294. The Hall–Kier alpha value is -2.05. The standard InChI is InChI=1S/C17H14ClN3/c1-17(2)7-10-11(8-17)15(18)21-14-6-4-3-5-13(14)20-16(21)12(10)9-19/h3-6H,7-8H2,1-2H3. The molecule has 104 valence electrons. The van der Waals surface area contributed by atoms with Crippen molar-refractivity contribution < 1.29 is 0 Å². The molecule has 0 N–H and O–H groups in total. The smallest absolute Gasteiger partial charge is 0.157 e. The largest absolute Gasteiger partial charge is 0.281 e. The number of pyridine rings is 1. The average molecular weight is 296 g/mol. The fourth-order valence-corrected chi connectivity index (χ4v) is 3.80. The van der Waals surface area contributed by atoms with E-state index in [1.54, 1.807) is 0 Å². The number of para-hydroxylation sites is 2. The Labute approximate surface area is 127 Å². The molecular weight excluding hydrogens is 282 g/mol. The van der Waals surface area contributed by atoms with Crippen molar-refractivity contribution in [3.05, 3.63) is 46.1 Å². The van der Waals surface area contributed by atoms with Crippen molar-refractivity contribution >= 4 is 28.3 Å². The van der Waals surface area contributed by atoms with Crippen molar-refractivity contribution in [1.29, 1.82) is 5.26 Å². The van der Waals surface area contributed by atoms with E-state index >= 15 is 0 Å². The van der Waals surface area contributed by atoms with Gasteiger partial charge in [-0.05, 0) is 41.5 Å². The van der Waals surface area contributed by atoms with Gasteiger partial charge in [0.25, 0.3) is 0 Å². The van der Waals surface area contributed by atoms with Gasteiger partial charge in [0.15, 0.2) is 5.65 Å². The van der Waals surface area contributed by atoms with Crippen LogP contribution < -0.4 is 0 Å². The van der Waals surface area contributed by atoms with Gasteiger partial charge in [0.2, 0.25) is 0 Å². The van der Waals surface area contributed by atoms with E-state index in [4.69, 9.17) is 11.6 Å². The third-order valence-corrected chi connectivity index (χ3v) is 4.72. The highest BCUT2D eigenvalue weighted by Crippen LogP contribution is 2.43. The minimum Gasteiger partial charge on any atom is -0.281 e. The highest BCUT2D eigenvalue weighted by atomic mass is 35.5. The lowest BCUT2D eigenvalue weighted by atomic mass is 9.90. The number of benzene rings is 1. The molecule has 2 heterocycles. The maximum Gasteiger partial charge on any atom is 0.157 e. The summed E-state index contributed by atoms with van der Waals surface area (Å²) in [5.41, 5.74) is 5.52. The van der Waals surface area contributed by atoms with Crippen molar-refractivity contribution in [2.45, 2.75) is 26.7 Å². The van der Waals surface area contributed by atoms with Crippen LogP contribution in [0.15, 0.2) is 24.3 Å². The number of halogens is 1. The van der Waals surface area contributed by atoms with Crippen LogP contribution in [-0.2, 0) is 12.8 Å². The number of fused-ring (bicyclic) bond motifs is 4. The van der Waals surface area contributed by atoms with Crippen LogP contribution >= 0.6 is 11.6 Å². The van der Waals surface area contributed by atoms with Gasteiger partial charge in [-0.3, -0.25) is 4.40 Å². The lowest BCUT2D eigenvalue weighted by molar-refractivity contribution is 0.392. The topological polar surface area (TPSA) is 41.1 Å². The summed E-state index contributed by atoms with van der Waals surface area (Å²) in [6.07, 6.45) is 1.78. The Morgan fingerprint density at radius 1 is 1.24 bits per heavy atom. The summed E-state index contributed by atoms with van der Waals surface area (Å²) in [6.45, 7) is 4.43. The van der Waals surface area contributed by atoms with Crippen LogP contribution in [0.5, 0.6) is 0 Å². The SMILES string of the molecule is CC1(C)Cc2c(c(Cl)n3c(nc4ccccc43)c2C#N)C1. The molecule has 0 radical (unpaired) electrons. The van der Waals surface area contributed by atoms with E-state index in [1.165, 1.54) is 0 Å². The number of nitriles is 1. The second kappa shape index (κ2) is 3.99. The van der Waals surface area contributed by atoms with Crippen LogP contribution in [0.4, 0.5) is 0 Å². The van der Waals surface area contributed by atoms with Gasteiger partial charge in [-0.1, -0.05) is 37.6 Å². The molecule has 0 aliphatic heterocycles. The van der Waals surface area contributed by atoms with Crippen LogP contribution in [0.2, 0.25) is 5.15 Å². The zero-order chi connectivity index (χ0) is 14.8. The number of aromatic nitrogens is 2. The molecule has 0 fully saturated rings. The van der Waals surface area contributed by atoms with E-state index < -0.39 is 0 Å². The van der Waals surface area contributed by atoms with Gasteiger partial charge in [0.1, 0.15) is 11.2 Å². The van der Waals surface area contributed by atoms with Gasteiger partial charge in [0, 0.05) is 0 Å². The summed E-state index contributed by atoms with van der Waals surface area (Å²) in [5, 5.41) is 10.3. The van der Waals surface area contributed by atoms with Crippen molar-refractivity contribution in [3.8, 4) is 6.07 Å². The molecule has 0 atom stereocenters. The molecule has 1 aliphatic rings. The normalized spacial score (nSPS) is 16.3. The van der Waals surface area contributed by atoms with E-state index in [1.807, 2.05) is 28.7 Å². The molecule has 0 saturated carbocycles. The van der Waals surface area contributed by atoms with Gasteiger partial charge in [-0.2, -0.15) is 5.26 Å². The number of hydrogen-bond acceptors (Lipinski definition) is 2. The first-order chi connectivity index (χ1) is 10.0. The van der Waals surface area contributed by atoms with E-state index in [9.17, 15) is 5.26 Å². The molecule has 1 aromatic carbocycles. The quantitative estimate of drug-likeness (QED) is 0.585. The molecule has 3 aromatic rings. The Bertz CT molecular complexity index is 944. The molecule has 4 heteroatoms. The summed E-state index contributed by atoms with van der Waals surface area (Å²) >= 11 is 6.68. The van der Waals surface area contributed by atoms with E-state index in [0.717, 1.165) is 35.0 Å². The number of imidazole rings is 1. The summed E-state index contributed by atoms with van der Waals surface area (Å²) in [6, 6.07) is 10.2. The minimum absolute atomic E-state index is 0.146. The van der Waals surface area contributed by atoms with E-state index in [2.05, 4.69) is 24.9 Å².